The summed E-state index contributed by atoms with van der Waals surface area (Å²) in [4.78, 5) is 14.6. The number of nitrogens with one attached hydrogen (secondary N) is 1. The van der Waals surface area contributed by atoms with Crippen LogP contribution in [0.1, 0.15) is 23.2 Å². The highest BCUT2D eigenvalue weighted by molar-refractivity contribution is 5.92. The highest BCUT2D eigenvalue weighted by Crippen LogP contribution is 2.22. The molecule has 2 aromatic heterocycles. The Kier molecular flexibility index (Phi) is 6.87. The van der Waals surface area contributed by atoms with Gasteiger partial charge in [0.1, 0.15) is 11.9 Å². The molecule has 3 heterocycles. The lowest BCUT2D eigenvalue weighted by atomic mass is 10.2. The van der Waals surface area contributed by atoms with E-state index in [1.807, 2.05) is 56.0 Å². The first kappa shape index (κ1) is 22.0. The minimum atomic E-state index is -0.160. The third-order valence-corrected chi connectivity index (χ3v) is 5.72. The second kappa shape index (κ2) is 9.97. The van der Waals surface area contributed by atoms with Crippen molar-refractivity contribution in [2.24, 2.45) is 14.1 Å². The van der Waals surface area contributed by atoms with Gasteiger partial charge in [0.25, 0.3) is 0 Å². The van der Waals surface area contributed by atoms with Gasteiger partial charge in [-0.3, -0.25) is 19.1 Å². The van der Waals surface area contributed by atoms with Crippen molar-refractivity contribution in [3.8, 4) is 5.75 Å². The van der Waals surface area contributed by atoms with Crippen molar-refractivity contribution in [2.45, 2.75) is 19.4 Å². The molecule has 4 rings (SSSR count). The van der Waals surface area contributed by atoms with Gasteiger partial charge in [0.15, 0.2) is 0 Å². The molecule has 1 amide bonds. The molecule has 1 N–H and O–H groups in total. The molecule has 0 radical (unpaired) electrons. The lowest BCUT2D eigenvalue weighted by Crippen LogP contribution is -2.42. The Hall–Kier alpha value is -3.17. The highest BCUT2D eigenvalue weighted by atomic mass is 16.5. The summed E-state index contributed by atoms with van der Waals surface area (Å²) in [5.74, 6) is 0.808. The molecule has 32 heavy (non-hydrogen) atoms. The molecule has 0 aliphatic carbocycles. The van der Waals surface area contributed by atoms with Crippen molar-refractivity contribution in [1.29, 1.82) is 0 Å². The van der Waals surface area contributed by atoms with Crippen LogP contribution in [0.4, 0.5) is 5.69 Å². The summed E-state index contributed by atoms with van der Waals surface area (Å²) in [7, 11) is 3.79. The molecule has 1 aliphatic rings. The minimum absolute atomic E-state index is 0.0541. The van der Waals surface area contributed by atoms with E-state index in [-0.39, 0.29) is 12.0 Å². The summed E-state index contributed by atoms with van der Waals surface area (Å²) in [5.41, 5.74) is 3.64. The Morgan fingerprint density at radius 3 is 2.81 bits per heavy atom. The predicted molar refractivity (Wildman–Crippen MR) is 121 cm³/mol. The van der Waals surface area contributed by atoms with Crippen LogP contribution in [0, 0.1) is 6.92 Å². The Bertz CT molecular complexity index is 1050. The third-order valence-electron chi connectivity index (χ3n) is 5.72. The van der Waals surface area contributed by atoms with Crippen LogP contribution in [-0.2, 0) is 30.0 Å². The Balaban J connectivity index is 1.30. The van der Waals surface area contributed by atoms with Crippen molar-refractivity contribution >= 4 is 11.6 Å². The van der Waals surface area contributed by atoms with Gasteiger partial charge in [-0.15, -0.1) is 0 Å². The van der Waals surface area contributed by atoms with Crippen LogP contribution in [0.5, 0.6) is 5.75 Å². The number of carbonyl (C=O) groups is 1. The van der Waals surface area contributed by atoms with Crippen LogP contribution in [0.25, 0.3) is 0 Å². The Morgan fingerprint density at radius 2 is 2.06 bits per heavy atom. The van der Waals surface area contributed by atoms with Crippen molar-refractivity contribution in [3.63, 3.8) is 0 Å². The summed E-state index contributed by atoms with van der Waals surface area (Å²) >= 11 is 0. The summed E-state index contributed by atoms with van der Waals surface area (Å²) < 4.78 is 15.4. The van der Waals surface area contributed by atoms with Crippen LogP contribution >= 0.6 is 0 Å². The number of aryl methyl sites for hydroxylation is 2. The normalized spacial score (nSPS) is 16.8. The van der Waals surface area contributed by atoms with Gasteiger partial charge < -0.3 is 14.8 Å². The summed E-state index contributed by atoms with van der Waals surface area (Å²) in [6.07, 6.45) is 2.26. The summed E-state index contributed by atoms with van der Waals surface area (Å²) in [6.45, 7) is 4.70. The van der Waals surface area contributed by atoms with Crippen LogP contribution in [-0.4, -0.2) is 63.2 Å². The number of carbonyl (C=O) groups excluding carboxylic acids is 1. The number of hydrogen-bond acceptors (Lipinski definition) is 6. The number of amides is 1. The number of hydrogen-bond donors (Lipinski definition) is 1. The fourth-order valence-corrected chi connectivity index (χ4v) is 3.75. The fraction of sp³-hybridized carbons (Fsp3) is 0.435. The molecule has 1 unspecified atom stereocenters. The first-order chi connectivity index (χ1) is 15.5. The molecule has 170 valence electrons. The maximum absolute atomic E-state index is 12.5. The van der Waals surface area contributed by atoms with E-state index in [4.69, 9.17) is 9.47 Å². The van der Waals surface area contributed by atoms with Crippen molar-refractivity contribution in [1.82, 2.24) is 24.5 Å². The van der Waals surface area contributed by atoms with Gasteiger partial charge in [-0.25, -0.2) is 0 Å². The van der Waals surface area contributed by atoms with Gasteiger partial charge in [0.2, 0.25) is 5.91 Å². The lowest BCUT2D eigenvalue weighted by Gasteiger charge is -2.31. The third kappa shape index (κ3) is 5.35. The zero-order valence-electron chi connectivity index (χ0n) is 18.8. The van der Waals surface area contributed by atoms with Crippen molar-refractivity contribution in [2.75, 3.05) is 38.2 Å². The summed E-state index contributed by atoms with van der Waals surface area (Å²) in [5, 5.41) is 11.8. The van der Waals surface area contributed by atoms with E-state index >= 15 is 0 Å². The highest BCUT2D eigenvalue weighted by Gasteiger charge is 2.26. The Morgan fingerprint density at radius 1 is 1.25 bits per heavy atom. The first-order valence-corrected chi connectivity index (χ1v) is 10.8. The van der Waals surface area contributed by atoms with Crippen LogP contribution in [0.3, 0.4) is 0 Å². The molecule has 0 bridgehead atoms. The monoisotopic (exact) mass is 438 g/mol. The first-order valence-electron chi connectivity index (χ1n) is 10.8. The molecule has 1 atom stereocenters. The van der Waals surface area contributed by atoms with Gasteiger partial charge in [-0.2, -0.15) is 10.2 Å². The number of para-hydroxylation sites is 1. The molecular formula is C23H30N6O3. The fourth-order valence-electron chi connectivity index (χ4n) is 3.75. The average Bonchev–Trinajstić information content (AvgIpc) is 3.31. The molecule has 1 aliphatic heterocycles. The van der Waals surface area contributed by atoms with Crippen molar-refractivity contribution < 1.29 is 14.3 Å². The van der Waals surface area contributed by atoms with Crippen molar-refractivity contribution in [3.05, 3.63) is 59.7 Å². The number of rotatable bonds is 8. The van der Waals surface area contributed by atoms with Crippen LogP contribution in [0.15, 0.2) is 42.6 Å². The molecule has 1 saturated heterocycles. The van der Waals surface area contributed by atoms with Crippen LogP contribution < -0.4 is 10.1 Å². The smallest absolute Gasteiger partial charge is 0.238 e. The maximum atomic E-state index is 12.5. The molecular weight excluding hydrogens is 408 g/mol. The molecule has 0 saturated carbocycles. The van der Waals surface area contributed by atoms with E-state index in [1.165, 1.54) is 0 Å². The van der Waals surface area contributed by atoms with Crippen LogP contribution in [0.2, 0.25) is 0 Å². The van der Waals surface area contributed by atoms with Gasteiger partial charge in [-0.05, 0) is 25.1 Å². The predicted octanol–water partition coefficient (Wildman–Crippen LogP) is 2.10. The second-order valence-corrected chi connectivity index (χ2v) is 8.01. The van der Waals surface area contributed by atoms with E-state index in [0.29, 0.717) is 32.8 Å². The lowest BCUT2D eigenvalue weighted by molar-refractivity contribution is -0.119. The number of ether oxygens (including phenoxy) is 2. The van der Waals surface area contributed by atoms with E-state index in [1.54, 1.807) is 10.9 Å². The number of nitrogens with zero attached hydrogens (tertiary/aromatic N) is 5. The molecule has 1 fully saturated rings. The molecule has 9 heteroatoms. The zero-order chi connectivity index (χ0) is 22.5. The molecule has 1 aromatic carbocycles. The maximum Gasteiger partial charge on any atom is 0.238 e. The molecule has 9 nitrogen and oxygen atoms in total. The quantitative estimate of drug-likeness (QED) is 0.580. The van der Waals surface area contributed by atoms with Gasteiger partial charge >= 0.3 is 0 Å². The zero-order valence-corrected chi connectivity index (χ0v) is 18.8. The topological polar surface area (TPSA) is 86.4 Å². The largest absolute Gasteiger partial charge is 0.493 e. The van der Waals surface area contributed by atoms with E-state index in [9.17, 15) is 4.79 Å². The number of anilines is 1. The standard InChI is InChI=1S/C23H30N6O3/c1-17-21(14-24-27(17)2)25-23(30)16-29-10-12-32-22(15-29)20-13-18(28(3)26-20)9-11-31-19-7-5-4-6-8-19/h4-8,13-14,22H,9-12,15-16H2,1-3H3,(H,25,30). The van der Waals surface area contributed by atoms with E-state index in [2.05, 4.69) is 26.5 Å². The molecule has 0 spiro atoms. The van der Waals surface area contributed by atoms with Gasteiger partial charge in [0, 0.05) is 39.3 Å². The second-order valence-electron chi connectivity index (χ2n) is 8.01. The Labute approximate surface area is 187 Å². The van der Waals surface area contributed by atoms with Gasteiger partial charge in [0.05, 0.1) is 43.0 Å². The SMILES string of the molecule is Cc1c(NC(=O)CN2CCOC(c3cc(CCOc4ccccc4)n(C)n3)C2)cnn1C. The number of aromatic nitrogens is 4. The van der Waals surface area contributed by atoms with Gasteiger partial charge in [-0.1, -0.05) is 18.2 Å². The molecule has 3 aromatic rings. The van der Waals surface area contributed by atoms with E-state index in [0.717, 1.165) is 34.9 Å². The number of morpholine rings is 1. The summed E-state index contributed by atoms with van der Waals surface area (Å²) in [6, 6.07) is 11.9. The van der Waals surface area contributed by atoms with E-state index < -0.39 is 0 Å². The minimum Gasteiger partial charge on any atom is -0.493 e. The number of benzene rings is 1. The average molecular weight is 439 g/mol.